The number of benzene rings is 2. The van der Waals surface area contributed by atoms with Crippen molar-refractivity contribution < 1.29 is 19.4 Å². The van der Waals surface area contributed by atoms with E-state index in [1.807, 2.05) is 6.92 Å². The van der Waals surface area contributed by atoms with Crippen LogP contribution in [0.5, 0.6) is 11.5 Å². The Hall–Kier alpha value is -2.69. The van der Waals surface area contributed by atoms with Gasteiger partial charge in [0.1, 0.15) is 17.9 Å². The third-order valence-corrected chi connectivity index (χ3v) is 2.86. The summed E-state index contributed by atoms with van der Waals surface area (Å²) in [7, 11) is 0. The zero-order valence-corrected chi connectivity index (χ0v) is 11.7. The number of rotatable bonds is 5. The van der Waals surface area contributed by atoms with Gasteiger partial charge < -0.3 is 20.3 Å². The summed E-state index contributed by atoms with van der Waals surface area (Å²) in [6.07, 6.45) is 0. The van der Waals surface area contributed by atoms with Crippen molar-refractivity contribution in [2.45, 2.75) is 13.5 Å². The third-order valence-electron chi connectivity index (χ3n) is 2.86. The lowest BCUT2D eigenvalue weighted by molar-refractivity contribution is 0.0468. The van der Waals surface area contributed by atoms with Gasteiger partial charge in [0.25, 0.3) is 0 Å². The summed E-state index contributed by atoms with van der Waals surface area (Å²) in [5.74, 6) is 0.00840. The molecule has 5 nitrogen and oxygen atoms in total. The average Bonchev–Trinajstić information content (AvgIpc) is 2.48. The van der Waals surface area contributed by atoms with Gasteiger partial charge in [0.2, 0.25) is 0 Å². The Morgan fingerprint density at radius 2 is 1.90 bits per heavy atom. The van der Waals surface area contributed by atoms with E-state index in [0.29, 0.717) is 23.6 Å². The van der Waals surface area contributed by atoms with Crippen LogP contribution in [0.3, 0.4) is 0 Å². The highest BCUT2D eigenvalue weighted by molar-refractivity contribution is 5.94. The monoisotopic (exact) mass is 287 g/mol. The molecule has 0 spiro atoms. The molecule has 2 aromatic rings. The number of carbonyl (C=O) groups excluding carboxylic acids is 1. The molecule has 2 aromatic carbocycles. The van der Waals surface area contributed by atoms with E-state index < -0.39 is 5.97 Å². The van der Waals surface area contributed by atoms with Crippen LogP contribution < -0.4 is 10.5 Å². The van der Waals surface area contributed by atoms with Crippen molar-refractivity contribution in [2.24, 2.45) is 0 Å². The van der Waals surface area contributed by atoms with Gasteiger partial charge in [0.05, 0.1) is 12.3 Å². The first-order chi connectivity index (χ1) is 10.1. The van der Waals surface area contributed by atoms with Gasteiger partial charge in [-0.3, -0.25) is 0 Å². The maximum atomic E-state index is 12.1. The second kappa shape index (κ2) is 6.65. The molecule has 21 heavy (non-hydrogen) atoms. The van der Waals surface area contributed by atoms with Crippen molar-refractivity contribution in [3.05, 3.63) is 53.6 Å². The largest absolute Gasteiger partial charge is 0.508 e. The fourth-order valence-electron chi connectivity index (χ4n) is 1.84. The molecule has 0 heterocycles. The first-order valence-electron chi connectivity index (χ1n) is 6.58. The van der Waals surface area contributed by atoms with Crippen molar-refractivity contribution >= 4 is 11.7 Å². The Morgan fingerprint density at radius 1 is 1.19 bits per heavy atom. The molecule has 0 aliphatic rings. The molecule has 0 saturated carbocycles. The van der Waals surface area contributed by atoms with Crippen LogP contribution in [0.4, 0.5) is 5.69 Å². The third kappa shape index (κ3) is 3.66. The zero-order valence-electron chi connectivity index (χ0n) is 11.7. The smallest absolute Gasteiger partial charge is 0.342 e. The lowest BCUT2D eigenvalue weighted by atomic mass is 10.1. The number of hydrogen-bond acceptors (Lipinski definition) is 5. The minimum Gasteiger partial charge on any atom is -0.508 e. The minimum atomic E-state index is -0.501. The number of aromatic hydroxyl groups is 1. The Kier molecular flexibility index (Phi) is 4.66. The maximum Gasteiger partial charge on any atom is 0.342 e. The molecule has 0 fully saturated rings. The van der Waals surface area contributed by atoms with Crippen molar-refractivity contribution in [3.63, 3.8) is 0 Å². The van der Waals surface area contributed by atoms with Gasteiger partial charge in [-0.25, -0.2) is 4.79 Å². The molecule has 0 saturated heterocycles. The molecule has 3 N–H and O–H groups in total. The van der Waals surface area contributed by atoms with E-state index in [1.54, 1.807) is 30.3 Å². The quantitative estimate of drug-likeness (QED) is 0.652. The Bertz CT molecular complexity index is 623. The number of ether oxygens (including phenoxy) is 2. The van der Waals surface area contributed by atoms with Crippen molar-refractivity contribution in [2.75, 3.05) is 12.3 Å². The van der Waals surface area contributed by atoms with E-state index in [4.69, 9.17) is 15.2 Å². The number of nitrogen functional groups attached to an aromatic ring is 1. The number of anilines is 1. The molecule has 0 aromatic heterocycles. The zero-order chi connectivity index (χ0) is 15.2. The SMILES string of the molecule is CCOc1c(N)cccc1C(=O)OCc1ccc(O)cc1. The number of phenolic OH excluding ortho intramolecular Hbond substituents is 1. The lowest BCUT2D eigenvalue weighted by Gasteiger charge is -2.12. The first-order valence-corrected chi connectivity index (χ1v) is 6.58. The first kappa shape index (κ1) is 14.7. The van der Waals surface area contributed by atoms with Gasteiger partial charge >= 0.3 is 5.97 Å². The van der Waals surface area contributed by atoms with Crippen LogP contribution in [0.15, 0.2) is 42.5 Å². The number of esters is 1. The average molecular weight is 287 g/mol. The minimum absolute atomic E-state index is 0.111. The molecule has 2 rings (SSSR count). The summed E-state index contributed by atoms with van der Waals surface area (Å²) in [4.78, 5) is 12.1. The molecule has 0 atom stereocenters. The Morgan fingerprint density at radius 3 is 2.57 bits per heavy atom. The van der Waals surface area contributed by atoms with Crippen molar-refractivity contribution in [1.82, 2.24) is 0 Å². The lowest BCUT2D eigenvalue weighted by Crippen LogP contribution is -2.09. The second-order valence-electron chi connectivity index (χ2n) is 4.40. The molecular weight excluding hydrogens is 270 g/mol. The van der Waals surface area contributed by atoms with Crippen molar-refractivity contribution in [1.29, 1.82) is 0 Å². The predicted octanol–water partition coefficient (Wildman–Crippen LogP) is 2.73. The van der Waals surface area contributed by atoms with Gasteiger partial charge in [-0.05, 0) is 36.8 Å². The molecule has 0 amide bonds. The number of hydrogen-bond donors (Lipinski definition) is 2. The highest BCUT2D eigenvalue weighted by Crippen LogP contribution is 2.27. The standard InChI is InChI=1S/C16H17NO4/c1-2-20-15-13(4-3-5-14(15)17)16(19)21-10-11-6-8-12(18)9-7-11/h3-9,18H,2,10,17H2,1H3. The van der Waals surface area contributed by atoms with Gasteiger partial charge in [-0.1, -0.05) is 18.2 Å². The molecule has 5 heteroatoms. The molecular formula is C16H17NO4. The van der Waals surface area contributed by atoms with Gasteiger partial charge in [0.15, 0.2) is 5.75 Å². The molecule has 0 aliphatic heterocycles. The predicted molar refractivity (Wildman–Crippen MR) is 79.2 cm³/mol. The molecule has 0 aliphatic carbocycles. The molecule has 110 valence electrons. The number of nitrogens with two attached hydrogens (primary N) is 1. The molecule has 0 unspecified atom stereocenters. The summed E-state index contributed by atoms with van der Waals surface area (Å²) in [5.41, 5.74) is 7.29. The summed E-state index contributed by atoms with van der Waals surface area (Å²) in [6.45, 7) is 2.34. The summed E-state index contributed by atoms with van der Waals surface area (Å²) < 4.78 is 10.6. The number of para-hydroxylation sites is 1. The van der Waals surface area contributed by atoms with Crippen LogP contribution in [0.2, 0.25) is 0 Å². The van der Waals surface area contributed by atoms with Gasteiger partial charge in [-0.15, -0.1) is 0 Å². The summed E-state index contributed by atoms with van der Waals surface area (Å²) >= 11 is 0. The summed E-state index contributed by atoms with van der Waals surface area (Å²) in [5, 5.41) is 9.20. The molecule has 0 radical (unpaired) electrons. The highest BCUT2D eigenvalue weighted by Gasteiger charge is 2.16. The van der Waals surface area contributed by atoms with Crippen LogP contribution >= 0.6 is 0 Å². The number of phenols is 1. The van der Waals surface area contributed by atoms with Crippen LogP contribution in [-0.4, -0.2) is 17.7 Å². The Labute approximate surface area is 122 Å². The van der Waals surface area contributed by atoms with Crippen LogP contribution in [0.25, 0.3) is 0 Å². The van der Waals surface area contributed by atoms with E-state index in [9.17, 15) is 9.90 Å². The van der Waals surface area contributed by atoms with Crippen LogP contribution in [0.1, 0.15) is 22.8 Å². The second-order valence-corrected chi connectivity index (χ2v) is 4.40. The van der Waals surface area contributed by atoms with E-state index in [0.717, 1.165) is 5.56 Å². The summed E-state index contributed by atoms with van der Waals surface area (Å²) in [6, 6.07) is 11.4. The highest BCUT2D eigenvalue weighted by atomic mass is 16.5. The van der Waals surface area contributed by atoms with Gasteiger partial charge in [0, 0.05) is 0 Å². The van der Waals surface area contributed by atoms with Crippen LogP contribution in [-0.2, 0) is 11.3 Å². The number of carbonyl (C=O) groups is 1. The van der Waals surface area contributed by atoms with Crippen LogP contribution in [0, 0.1) is 0 Å². The van der Waals surface area contributed by atoms with E-state index in [1.165, 1.54) is 12.1 Å². The van der Waals surface area contributed by atoms with E-state index in [-0.39, 0.29) is 12.4 Å². The topological polar surface area (TPSA) is 81.8 Å². The normalized spacial score (nSPS) is 10.1. The van der Waals surface area contributed by atoms with E-state index in [2.05, 4.69) is 0 Å². The fraction of sp³-hybridized carbons (Fsp3) is 0.188. The van der Waals surface area contributed by atoms with Gasteiger partial charge in [-0.2, -0.15) is 0 Å². The van der Waals surface area contributed by atoms with Crippen molar-refractivity contribution in [3.8, 4) is 11.5 Å². The Balaban J connectivity index is 2.10. The fourth-order valence-corrected chi connectivity index (χ4v) is 1.84. The molecule has 0 bridgehead atoms. The van der Waals surface area contributed by atoms with E-state index >= 15 is 0 Å². The maximum absolute atomic E-state index is 12.1.